The molecule has 7 nitrogen and oxygen atoms in total. The molecule has 0 saturated heterocycles. The average Bonchev–Trinajstić information content (AvgIpc) is 2.71. The molecule has 0 atom stereocenters. The molecule has 0 aliphatic carbocycles. The molecule has 0 unspecified atom stereocenters. The highest BCUT2D eigenvalue weighted by molar-refractivity contribution is 5.91. The summed E-state index contributed by atoms with van der Waals surface area (Å²) in [7, 11) is 3.96. The summed E-state index contributed by atoms with van der Waals surface area (Å²) < 4.78 is 0. The highest BCUT2D eigenvalue weighted by Gasteiger charge is 2.11. The van der Waals surface area contributed by atoms with Gasteiger partial charge in [-0.15, -0.1) is 0 Å². The van der Waals surface area contributed by atoms with Gasteiger partial charge in [-0.2, -0.15) is 5.10 Å². The topological polar surface area (TPSA) is 87.1 Å². The molecule has 1 aromatic heterocycles. The number of fused-ring (bicyclic) bond motifs is 1. The summed E-state index contributed by atoms with van der Waals surface area (Å²) in [5.74, 6) is 0.649. The molecule has 0 aliphatic heterocycles. The molecule has 0 aliphatic rings. The van der Waals surface area contributed by atoms with Crippen molar-refractivity contribution in [1.82, 2.24) is 15.1 Å². The first-order chi connectivity index (χ1) is 8.58. The number of non-ortho nitro benzene ring substituents is 1. The summed E-state index contributed by atoms with van der Waals surface area (Å²) in [6.07, 6.45) is 0. The van der Waals surface area contributed by atoms with Gasteiger partial charge in [0.2, 0.25) is 0 Å². The lowest BCUT2D eigenvalue weighted by Crippen LogP contribution is -2.20. The zero-order valence-corrected chi connectivity index (χ0v) is 10.3. The molecule has 0 saturated carbocycles. The number of nitro benzene ring substituents is 1. The minimum Gasteiger partial charge on any atom is -0.367 e. The fourth-order valence-corrected chi connectivity index (χ4v) is 1.65. The van der Waals surface area contributed by atoms with Crippen LogP contribution in [-0.4, -0.2) is 47.2 Å². The fraction of sp³-hybridized carbons (Fsp3) is 0.364. The third-order valence-electron chi connectivity index (χ3n) is 2.61. The lowest BCUT2D eigenvalue weighted by molar-refractivity contribution is -0.384. The third-order valence-corrected chi connectivity index (χ3v) is 2.61. The van der Waals surface area contributed by atoms with Crippen LogP contribution in [0.1, 0.15) is 0 Å². The number of nitro groups is 1. The van der Waals surface area contributed by atoms with Crippen LogP contribution in [0.25, 0.3) is 10.9 Å². The first-order valence-corrected chi connectivity index (χ1v) is 5.59. The van der Waals surface area contributed by atoms with Crippen molar-refractivity contribution in [2.45, 2.75) is 0 Å². The van der Waals surface area contributed by atoms with Crippen molar-refractivity contribution in [3.63, 3.8) is 0 Å². The van der Waals surface area contributed by atoms with Crippen LogP contribution in [0.3, 0.4) is 0 Å². The minimum absolute atomic E-state index is 0.0690. The van der Waals surface area contributed by atoms with Crippen LogP contribution >= 0.6 is 0 Å². The molecule has 0 bridgehead atoms. The van der Waals surface area contributed by atoms with E-state index < -0.39 is 4.92 Å². The summed E-state index contributed by atoms with van der Waals surface area (Å²) in [6.45, 7) is 1.60. The Morgan fingerprint density at radius 2 is 2.28 bits per heavy atom. The van der Waals surface area contributed by atoms with Gasteiger partial charge in [0, 0.05) is 25.2 Å². The van der Waals surface area contributed by atoms with E-state index in [1.807, 2.05) is 19.0 Å². The van der Waals surface area contributed by atoms with Crippen LogP contribution in [0.5, 0.6) is 0 Å². The van der Waals surface area contributed by atoms with Gasteiger partial charge in [-0.25, -0.2) is 0 Å². The predicted molar refractivity (Wildman–Crippen MR) is 69.8 cm³/mol. The SMILES string of the molecule is CN(C)CCNc1n[nH]c2ccc([N+](=O)[O-])cc12. The van der Waals surface area contributed by atoms with E-state index in [9.17, 15) is 10.1 Å². The van der Waals surface area contributed by atoms with Gasteiger partial charge in [-0.3, -0.25) is 15.2 Å². The molecule has 2 N–H and O–H groups in total. The number of hydrogen-bond donors (Lipinski definition) is 2. The third kappa shape index (κ3) is 2.57. The van der Waals surface area contributed by atoms with E-state index in [-0.39, 0.29) is 5.69 Å². The first-order valence-electron chi connectivity index (χ1n) is 5.59. The second kappa shape index (κ2) is 5.01. The minimum atomic E-state index is -0.407. The molecular weight excluding hydrogens is 234 g/mol. The standard InChI is InChI=1S/C11H15N5O2/c1-15(2)6-5-12-11-9-7-8(16(17)18)3-4-10(9)13-14-11/h3-4,7H,5-6H2,1-2H3,(H2,12,13,14). The Morgan fingerprint density at radius 3 is 2.94 bits per heavy atom. The number of aromatic amines is 1. The Bertz CT molecular complexity index is 564. The molecule has 18 heavy (non-hydrogen) atoms. The molecular formula is C11H15N5O2. The van der Waals surface area contributed by atoms with Crippen LogP contribution < -0.4 is 5.32 Å². The molecule has 1 heterocycles. The van der Waals surface area contributed by atoms with Crippen LogP contribution in [-0.2, 0) is 0 Å². The molecule has 2 rings (SSSR count). The quantitative estimate of drug-likeness (QED) is 0.618. The van der Waals surface area contributed by atoms with Gasteiger partial charge in [0.25, 0.3) is 5.69 Å². The summed E-state index contributed by atoms with van der Waals surface area (Å²) in [5, 5.41) is 21.6. The summed E-state index contributed by atoms with van der Waals surface area (Å²) in [6, 6.07) is 4.65. The van der Waals surface area contributed by atoms with E-state index in [1.54, 1.807) is 6.07 Å². The number of anilines is 1. The van der Waals surface area contributed by atoms with Gasteiger partial charge in [-0.05, 0) is 20.2 Å². The first kappa shape index (κ1) is 12.3. The van der Waals surface area contributed by atoms with E-state index in [0.717, 1.165) is 24.0 Å². The van der Waals surface area contributed by atoms with E-state index in [0.29, 0.717) is 5.82 Å². The van der Waals surface area contributed by atoms with E-state index in [2.05, 4.69) is 15.5 Å². The normalized spacial score (nSPS) is 11.1. The fourth-order valence-electron chi connectivity index (χ4n) is 1.65. The number of nitrogens with zero attached hydrogens (tertiary/aromatic N) is 3. The molecule has 1 aromatic carbocycles. The Hall–Kier alpha value is -2.15. The van der Waals surface area contributed by atoms with Gasteiger partial charge in [0.05, 0.1) is 15.8 Å². The van der Waals surface area contributed by atoms with E-state index >= 15 is 0 Å². The lowest BCUT2D eigenvalue weighted by atomic mass is 10.2. The molecule has 2 aromatic rings. The van der Waals surface area contributed by atoms with Crippen molar-refractivity contribution in [3.8, 4) is 0 Å². The largest absolute Gasteiger partial charge is 0.367 e. The van der Waals surface area contributed by atoms with Crippen LogP contribution in [0.4, 0.5) is 11.5 Å². The van der Waals surface area contributed by atoms with E-state index in [1.165, 1.54) is 12.1 Å². The number of nitrogens with one attached hydrogen (secondary N) is 2. The number of likely N-dealkylation sites (N-methyl/N-ethyl adjacent to an activating group) is 1. The molecule has 0 fully saturated rings. The molecule has 7 heteroatoms. The van der Waals surface area contributed by atoms with Gasteiger partial charge >= 0.3 is 0 Å². The zero-order valence-electron chi connectivity index (χ0n) is 10.3. The average molecular weight is 249 g/mol. The summed E-state index contributed by atoms with van der Waals surface area (Å²) >= 11 is 0. The van der Waals surface area contributed by atoms with Gasteiger partial charge in [-0.1, -0.05) is 0 Å². The van der Waals surface area contributed by atoms with Crippen LogP contribution in [0, 0.1) is 10.1 Å². The Balaban J connectivity index is 2.22. The predicted octanol–water partition coefficient (Wildman–Crippen LogP) is 1.44. The highest BCUT2D eigenvalue weighted by Crippen LogP contribution is 2.24. The number of hydrogen-bond acceptors (Lipinski definition) is 5. The monoisotopic (exact) mass is 249 g/mol. The molecule has 0 radical (unpaired) electrons. The van der Waals surface area contributed by atoms with Crippen molar-refractivity contribution < 1.29 is 4.92 Å². The maximum atomic E-state index is 10.7. The van der Waals surface area contributed by atoms with Crippen molar-refractivity contribution in [1.29, 1.82) is 0 Å². The summed E-state index contributed by atoms with van der Waals surface area (Å²) in [4.78, 5) is 12.4. The maximum Gasteiger partial charge on any atom is 0.270 e. The van der Waals surface area contributed by atoms with Crippen LogP contribution in [0.15, 0.2) is 18.2 Å². The van der Waals surface area contributed by atoms with Crippen molar-refractivity contribution in [2.24, 2.45) is 0 Å². The van der Waals surface area contributed by atoms with Crippen molar-refractivity contribution >= 4 is 22.4 Å². The van der Waals surface area contributed by atoms with Gasteiger partial charge in [0.1, 0.15) is 0 Å². The van der Waals surface area contributed by atoms with Crippen LogP contribution in [0.2, 0.25) is 0 Å². The number of rotatable bonds is 5. The van der Waals surface area contributed by atoms with E-state index in [4.69, 9.17) is 0 Å². The number of benzene rings is 1. The van der Waals surface area contributed by atoms with Gasteiger partial charge < -0.3 is 10.2 Å². The van der Waals surface area contributed by atoms with Gasteiger partial charge in [0.15, 0.2) is 5.82 Å². The van der Waals surface area contributed by atoms with Crippen molar-refractivity contribution in [2.75, 3.05) is 32.5 Å². The number of H-pyrrole nitrogens is 1. The van der Waals surface area contributed by atoms with Crippen molar-refractivity contribution in [3.05, 3.63) is 28.3 Å². The molecule has 0 amide bonds. The molecule has 96 valence electrons. The number of aromatic nitrogens is 2. The maximum absolute atomic E-state index is 10.7. The Kier molecular flexibility index (Phi) is 3.42. The lowest BCUT2D eigenvalue weighted by Gasteiger charge is -2.09. The highest BCUT2D eigenvalue weighted by atomic mass is 16.6. The second-order valence-electron chi connectivity index (χ2n) is 4.29. The Morgan fingerprint density at radius 1 is 1.50 bits per heavy atom. The molecule has 0 spiro atoms. The smallest absolute Gasteiger partial charge is 0.270 e. The second-order valence-corrected chi connectivity index (χ2v) is 4.29. The Labute approximate surface area is 104 Å². The summed E-state index contributed by atoms with van der Waals surface area (Å²) in [5.41, 5.74) is 0.854. The zero-order chi connectivity index (χ0) is 13.1.